The number of primary amides is 1. The molecular weight excluding hydrogens is 144 g/mol. The second kappa shape index (κ2) is 7.05. The summed E-state index contributed by atoms with van der Waals surface area (Å²) in [5.74, 6) is -0.256. The van der Waals surface area contributed by atoms with Crippen LogP contribution in [0.4, 0.5) is 0 Å². The number of nitrogens with one attached hydrogen (secondary N) is 1. The lowest BCUT2D eigenvalue weighted by Gasteiger charge is -1.97. The van der Waals surface area contributed by atoms with E-state index in [4.69, 9.17) is 5.73 Å². The lowest BCUT2D eigenvalue weighted by molar-refractivity contribution is -0.118. The minimum absolute atomic E-state index is 0.256. The van der Waals surface area contributed by atoms with Crippen LogP contribution in [0.1, 0.15) is 25.7 Å². The van der Waals surface area contributed by atoms with Crippen LogP contribution >= 0.6 is 0 Å². The van der Waals surface area contributed by atoms with Crippen LogP contribution < -0.4 is 11.1 Å². The van der Waals surface area contributed by atoms with Crippen LogP contribution in [0.25, 0.3) is 0 Å². The van der Waals surface area contributed by atoms with E-state index >= 15 is 0 Å². The maximum atomic E-state index is 10.2. The Balaban J connectivity index is 2.90. The van der Waals surface area contributed by atoms with Crippen molar-refractivity contribution in [1.29, 1.82) is 0 Å². The second-order valence-electron chi connectivity index (χ2n) is 2.35. The molecule has 0 spiro atoms. The summed E-state index contributed by atoms with van der Waals surface area (Å²) < 4.78 is 0. The molecule has 2 amide bonds. The van der Waals surface area contributed by atoms with E-state index in [1.165, 1.54) is 0 Å². The Hall–Kier alpha value is -1.06. The Labute approximate surface area is 66.1 Å². The lowest BCUT2D eigenvalue weighted by atomic mass is 10.2. The zero-order valence-electron chi connectivity index (χ0n) is 6.51. The first-order chi connectivity index (χ1) is 5.27. The van der Waals surface area contributed by atoms with E-state index < -0.39 is 0 Å². The summed E-state index contributed by atoms with van der Waals surface area (Å²) in [6, 6.07) is 0. The van der Waals surface area contributed by atoms with E-state index in [9.17, 15) is 9.59 Å². The van der Waals surface area contributed by atoms with E-state index in [0.717, 1.165) is 19.3 Å². The molecule has 0 rings (SSSR count). The maximum absolute atomic E-state index is 10.2. The molecule has 0 bridgehead atoms. The van der Waals surface area contributed by atoms with Gasteiger partial charge < -0.3 is 11.1 Å². The molecule has 0 aromatic heterocycles. The van der Waals surface area contributed by atoms with Crippen molar-refractivity contribution in [2.24, 2.45) is 5.73 Å². The average Bonchev–Trinajstić information content (AvgIpc) is 1.96. The average molecular weight is 158 g/mol. The predicted molar refractivity (Wildman–Crippen MR) is 41.7 cm³/mol. The van der Waals surface area contributed by atoms with Crippen molar-refractivity contribution >= 4 is 12.3 Å². The molecule has 3 N–H and O–H groups in total. The van der Waals surface area contributed by atoms with E-state index in [2.05, 4.69) is 5.32 Å². The van der Waals surface area contributed by atoms with Crippen LogP contribution in [-0.2, 0) is 9.59 Å². The molecule has 11 heavy (non-hydrogen) atoms. The van der Waals surface area contributed by atoms with Gasteiger partial charge in [0, 0.05) is 13.0 Å². The van der Waals surface area contributed by atoms with Gasteiger partial charge in [0.05, 0.1) is 0 Å². The fourth-order valence-electron chi connectivity index (χ4n) is 0.762. The summed E-state index contributed by atoms with van der Waals surface area (Å²) in [4.78, 5) is 20.0. The number of unbranched alkanes of at least 4 members (excludes halogenated alkanes) is 2. The van der Waals surface area contributed by atoms with Gasteiger partial charge in [-0.2, -0.15) is 0 Å². The molecule has 0 aromatic rings. The number of carbonyl (C=O) groups is 2. The first-order valence-corrected chi connectivity index (χ1v) is 3.72. The monoisotopic (exact) mass is 158 g/mol. The highest BCUT2D eigenvalue weighted by Crippen LogP contribution is 1.97. The molecule has 4 nitrogen and oxygen atoms in total. The molecule has 0 saturated carbocycles. The van der Waals surface area contributed by atoms with E-state index in [1.54, 1.807) is 0 Å². The molecule has 0 radical (unpaired) electrons. The Morgan fingerprint density at radius 3 is 2.64 bits per heavy atom. The smallest absolute Gasteiger partial charge is 0.217 e. The highest BCUT2D eigenvalue weighted by molar-refractivity contribution is 5.73. The number of hydrogen-bond acceptors (Lipinski definition) is 2. The summed E-state index contributed by atoms with van der Waals surface area (Å²) >= 11 is 0. The van der Waals surface area contributed by atoms with Gasteiger partial charge in [-0.05, 0) is 12.8 Å². The topological polar surface area (TPSA) is 72.2 Å². The SMILES string of the molecule is NC(=O)CCCCCNC=O. The van der Waals surface area contributed by atoms with Crippen molar-refractivity contribution in [3.63, 3.8) is 0 Å². The quantitative estimate of drug-likeness (QED) is 0.397. The summed E-state index contributed by atoms with van der Waals surface area (Å²) in [5.41, 5.74) is 4.92. The fraction of sp³-hybridized carbons (Fsp3) is 0.714. The minimum atomic E-state index is -0.256. The second-order valence-corrected chi connectivity index (χ2v) is 2.35. The number of rotatable bonds is 7. The van der Waals surface area contributed by atoms with Crippen LogP contribution in [0.3, 0.4) is 0 Å². The highest BCUT2D eigenvalue weighted by atomic mass is 16.1. The number of hydrogen-bond donors (Lipinski definition) is 2. The van der Waals surface area contributed by atoms with Crippen molar-refractivity contribution in [2.75, 3.05) is 6.54 Å². The van der Waals surface area contributed by atoms with Crippen LogP contribution in [0, 0.1) is 0 Å². The Kier molecular flexibility index (Phi) is 6.37. The van der Waals surface area contributed by atoms with Crippen molar-refractivity contribution in [1.82, 2.24) is 5.32 Å². The normalized spacial score (nSPS) is 9.09. The predicted octanol–water partition coefficient (Wildman–Crippen LogP) is -0.222. The summed E-state index contributed by atoms with van der Waals surface area (Å²) in [5, 5.41) is 2.54. The highest BCUT2D eigenvalue weighted by Gasteiger charge is 1.93. The standard InChI is InChI=1S/C7H14N2O2/c8-7(11)4-2-1-3-5-9-6-10/h6H,1-5H2,(H2,8,11)(H,9,10). The van der Waals surface area contributed by atoms with Crippen molar-refractivity contribution in [3.8, 4) is 0 Å². The summed E-state index contributed by atoms with van der Waals surface area (Å²) in [7, 11) is 0. The molecule has 0 atom stereocenters. The molecule has 4 heteroatoms. The molecular formula is C7H14N2O2. The third-order valence-corrected chi connectivity index (χ3v) is 1.33. The molecule has 0 aliphatic carbocycles. The molecule has 0 saturated heterocycles. The molecule has 0 unspecified atom stereocenters. The molecule has 0 aliphatic heterocycles. The van der Waals surface area contributed by atoms with Crippen molar-refractivity contribution in [2.45, 2.75) is 25.7 Å². The van der Waals surface area contributed by atoms with Gasteiger partial charge in [0.1, 0.15) is 0 Å². The number of nitrogens with two attached hydrogens (primary N) is 1. The largest absolute Gasteiger partial charge is 0.370 e. The van der Waals surface area contributed by atoms with Crippen molar-refractivity contribution in [3.05, 3.63) is 0 Å². The summed E-state index contributed by atoms with van der Waals surface area (Å²) in [6.45, 7) is 0.683. The van der Waals surface area contributed by atoms with E-state index in [1.807, 2.05) is 0 Å². The fourth-order valence-corrected chi connectivity index (χ4v) is 0.762. The third kappa shape index (κ3) is 8.94. The molecule has 0 aromatic carbocycles. The third-order valence-electron chi connectivity index (χ3n) is 1.33. The van der Waals surface area contributed by atoms with Gasteiger partial charge in [0.15, 0.2) is 0 Å². The van der Waals surface area contributed by atoms with Gasteiger partial charge in [-0.1, -0.05) is 6.42 Å². The van der Waals surface area contributed by atoms with E-state index in [-0.39, 0.29) is 5.91 Å². The maximum Gasteiger partial charge on any atom is 0.217 e. The van der Waals surface area contributed by atoms with Crippen LogP contribution in [0.2, 0.25) is 0 Å². The number of carbonyl (C=O) groups excluding carboxylic acids is 2. The van der Waals surface area contributed by atoms with Gasteiger partial charge in [0.2, 0.25) is 12.3 Å². The first-order valence-electron chi connectivity index (χ1n) is 3.72. The molecule has 64 valence electrons. The van der Waals surface area contributed by atoms with Gasteiger partial charge in [-0.25, -0.2) is 0 Å². The Morgan fingerprint density at radius 1 is 1.36 bits per heavy atom. The zero-order valence-corrected chi connectivity index (χ0v) is 6.51. The van der Waals surface area contributed by atoms with Crippen LogP contribution in [0.5, 0.6) is 0 Å². The van der Waals surface area contributed by atoms with E-state index in [0.29, 0.717) is 19.4 Å². The lowest BCUT2D eigenvalue weighted by Crippen LogP contribution is -2.13. The molecule has 0 aliphatic rings. The Bertz CT molecular complexity index is 126. The van der Waals surface area contributed by atoms with Gasteiger partial charge >= 0.3 is 0 Å². The Morgan fingerprint density at radius 2 is 2.09 bits per heavy atom. The van der Waals surface area contributed by atoms with Crippen molar-refractivity contribution < 1.29 is 9.59 Å². The number of amides is 2. The first kappa shape index (κ1) is 9.94. The van der Waals surface area contributed by atoms with Crippen LogP contribution in [0.15, 0.2) is 0 Å². The molecule has 0 heterocycles. The zero-order chi connectivity index (χ0) is 8.53. The molecule has 0 fully saturated rings. The van der Waals surface area contributed by atoms with Gasteiger partial charge in [0.25, 0.3) is 0 Å². The van der Waals surface area contributed by atoms with Crippen LogP contribution in [-0.4, -0.2) is 18.9 Å². The van der Waals surface area contributed by atoms with Gasteiger partial charge in [-0.3, -0.25) is 9.59 Å². The van der Waals surface area contributed by atoms with Gasteiger partial charge in [-0.15, -0.1) is 0 Å². The summed E-state index contributed by atoms with van der Waals surface area (Å²) in [6.07, 6.45) is 3.78. The minimum Gasteiger partial charge on any atom is -0.370 e.